The van der Waals surface area contributed by atoms with Crippen LogP contribution in [0.2, 0.25) is 0 Å². The number of rotatable bonds is 1. The van der Waals surface area contributed by atoms with Crippen molar-refractivity contribution in [1.82, 2.24) is 0 Å². The zero-order valence-electron chi connectivity index (χ0n) is 7.76. The van der Waals surface area contributed by atoms with Gasteiger partial charge in [0.2, 0.25) is 0 Å². The van der Waals surface area contributed by atoms with Gasteiger partial charge in [0.05, 0.1) is 0 Å². The van der Waals surface area contributed by atoms with Crippen molar-refractivity contribution in [3.63, 3.8) is 0 Å². The van der Waals surface area contributed by atoms with Crippen molar-refractivity contribution < 1.29 is 0 Å². The molecule has 0 heterocycles. The molecule has 0 aliphatic rings. The van der Waals surface area contributed by atoms with Crippen LogP contribution in [-0.2, 0) is 0 Å². The fourth-order valence-corrected chi connectivity index (χ4v) is 1.04. The van der Waals surface area contributed by atoms with E-state index in [4.69, 9.17) is 0 Å². The van der Waals surface area contributed by atoms with E-state index in [1.165, 1.54) is 11.1 Å². The highest BCUT2D eigenvalue weighted by Crippen LogP contribution is 2.10. The maximum absolute atomic E-state index is 3.85. The molecule has 1 rings (SSSR count). The largest absolute Gasteiger partial charge is 0.246 e. The van der Waals surface area contributed by atoms with Crippen LogP contribution in [0.15, 0.2) is 29.3 Å². The van der Waals surface area contributed by atoms with Crippen LogP contribution in [0.5, 0.6) is 0 Å². The van der Waals surface area contributed by atoms with E-state index in [2.05, 4.69) is 42.1 Å². The van der Waals surface area contributed by atoms with Crippen LogP contribution in [0.4, 0.5) is 0 Å². The summed E-state index contributed by atoms with van der Waals surface area (Å²) < 4.78 is 0. The predicted molar refractivity (Wildman–Crippen MR) is 53.6 cm³/mol. The quantitative estimate of drug-likeness (QED) is 0.559. The second-order valence-corrected chi connectivity index (χ2v) is 2.83. The van der Waals surface area contributed by atoms with Crippen molar-refractivity contribution in [3.05, 3.63) is 35.4 Å². The number of hydrogen-bond donors (Lipinski definition) is 0. The Labute approximate surface area is 73.5 Å². The maximum atomic E-state index is 3.85. The van der Waals surface area contributed by atoms with E-state index >= 15 is 0 Å². The van der Waals surface area contributed by atoms with Gasteiger partial charge in [0.15, 0.2) is 0 Å². The van der Waals surface area contributed by atoms with E-state index in [1.54, 1.807) is 7.05 Å². The van der Waals surface area contributed by atoms with Gasteiger partial charge in [0.1, 0.15) is 0 Å². The summed E-state index contributed by atoms with van der Waals surface area (Å²) in [5, 5.41) is 0. The Kier molecular flexibility index (Phi) is 2.84. The molecule has 0 amide bonds. The summed E-state index contributed by atoms with van der Waals surface area (Å²) >= 11 is 0. The van der Waals surface area contributed by atoms with Crippen molar-refractivity contribution in [2.24, 2.45) is 4.99 Å². The third kappa shape index (κ3) is 2.08. The van der Waals surface area contributed by atoms with Crippen molar-refractivity contribution in [1.29, 1.82) is 0 Å². The average Bonchev–Trinajstić information content (AvgIpc) is 2.06. The summed E-state index contributed by atoms with van der Waals surface area (Å²) in [6.45, 7) is 4.09. The van der Waals surface area contributed by atoms with Crippen molar-refractivity contribution in [2.45, 2.75) is 13.8 Å². The second kappa shape index (κ2) is 3.89. The lowest BCUT2D eigenvalue weighted by molar-refractivity contribution is 1.44. The lowest BCUT2D eigenvalue weighted by atomic mass is 10.1. The number of aryl methyl sites for hydroxylation is 1. The minimum Gasteiger partial charge on any atom is -0.246 e. The molecule has 1 aromatic rings. The molecule has 0 bridgehead atoms. The molecule has 62 valence electrons. The molecule has 0 atom stereocenters. The van der Waals surface area contributed by atoms with Gasteiger partial charge in [-0.05, 0) is 25.3 Å². The van der Waals surface area contributed by atoms with E-state index in [1.807, 2.05) is 6.92 Å². The van der Waals surface area contributed by atoms with Gasteiger partial charge in [-0.1, -0.05) is 29.8 Å². The van der Waals surface area contributed by atoms with E-state index in [0.717, 1.165) is 5.57 Å². The standard InChI is InChI=1S/C11H13N/c1-9-4-6-11(7-5-9)10(2)8-12-3/h4-7H,1-3H3. The van der Waals surface area contributed by atoms with E-state index in [9.17, 15) is 0 Å². The molecule has 0 fully saturated rings. The smallest absolute Gasteiger partial charge is 0.0372 e. The SMILES string of the molecule is CN=C=C(C)c1ccc(C)cc1. The fourth-order valence-electron chi connectivity index (χ4n) is 1.04. The third-order valence-electron chi connectivity index (χ3n) is 1.76. The van der Waals surface area contributed by atoms with E-state index in [-0.39, 0.29) is 0 Å². The fraction of sp³-hybridized carbons (Fsp3) is 0.273. The Morgan fingerprint density at radius 1 is 1.25 bits per heavy atom. The Hall–Kier alpha value is -1.33. The first-order valence-electron chi connectivity index (χ1n) is 3.99. The van der Waals surface area contributed by atoms with Gasteiger partial charge in [0.25, 0.3) is 0 Å². The summed E-state index contributed by atoms with van der Waals surface area (Å²) in [6.07, 6.45) is 0. The number of benzene rings is 1. The van der Waals surface area contributed by atoms with Gasteiger partial charge < -0.3 is 0 Å². The normalized spacial score (nSPS) is 8.92. The minimum absolute atomic E-state index is 1.08. The third-order valence-corrected chi connectivity index (χ3v) is 1.76. The molecule has 0 saturated heterocycles. The Balaban J connectivity index is 3.06. The minimum atomic E-state index is 1.08. The summed E-state index contributed by atoms with van der Waals surface area (Å²) in [7, 11) is 1.73. The van der Waals surface area contributed by atoms with Gasteiger partial charge in [-0.3, -0.25) is 0 Å². The zero-order valence-corrected chi connectivity index (χ0v) is 7.76. The van der Waals surface area contributed by atoms with Crippen molar-refractivity contribution in [3.8, 4) is 0 Å². The van der Waals surface area contributed by atoms with Gasteiger partial charge in [-0.25, -0.2) is 4.99 Å². The average molecular weight is 159 g/mol. The van der Waals surface area contributed by atoms with Crippen LogP contribution in [-0.4, -0.2) is 12.9 Å². The van der Waals surface area contributed by atoms with Crippen LogP contribution in [0.1, 0.15) is 18.1 Å². The molecule has 0 aromatic heterocycles. The molecule has 0 saturated carbocycles. The first-order valence-corrected chi connectivity index (χ1v) is 3.99. The lowest BCUT2D eigenvalue weighted by Crippen LogP contribution is -1.80. The van der Waals surface area contributed by atoms with Gasteiger partial charge >= 0.3 is 0 Å². The number of nitrogens with zero attached hydrogens (tertiary/aromatic N) is 1. The molecule has 0 N–H and O–H groups in total. The number of allylic oxidation sites excluding steroid dienone is 1. The summed E-state index contributed by atoms with van der Waals surface area (Å²) in [6, 6.07) is 8.36. The number of aliphatic imine (C=N–C) groups is 1. The molecule has 1 heteroatoms. The van der Waals surface area contributed by atoms with E-state index < -0.39 is 0 Å². The lowest BCUT2D eigenvalue weighted by Gasteiger charge is -1.97. The summed E-state index contributed by atoms with van der Waals surface area (Å²) in [4.78, 5) is 3.85. The number of hydrogen-bond acceptors (Lipinski definition) is 1. The highest BCUT2D eigenvalue weighted by atomic mass is 14.6. The molecular weight excluding hydrogens is 146 g/mol. The summed E-state index contributed by atoms with van der Waals surface area (Å²) in [5.74, 6) is 2.92. The highest BCUT2D eigenvalue weighted by molar-refractivity contribution is 5.88. The molecule has 1 aromatic carbocycles. The van der Waals surface area contributed by atoms with Gasteiger partial charge in [0, 0.05) is 12.6 Å². The second-order valence-electron chi connectivity index (χ2n) is 2.83. The molecule has 0 unspecified atom stereocenters. The predicted octanol–water partition coefficient (Wildman–Crippen LogP) is 2.70. The van der Waals surface area contributed by atoms with Crippen molar-refractivity contribution in [2.75, 3.05) is 7.05 Å². The van der Waals surface area contributed by atoms with Crippen LogP contribution in [0.3, 0.4) is 0 Å². The molecule has 12 heavy (non-hydrogen) atoms. The Bertz CT molecular complexity index is 313. The monoisotopic (exact) mass is 159 g/mol. The van der Waals surface area contributed by atoms with Crippen molar-refractivity contribution >= 4 is 11.4 Å². The molecule has 0 aliphatic heterocycles. The first-order chi connectivity index (χ1) is 5.74. The Morgan fingerprint density at radius 2 is 1.83 bits per heavy atom. The maximum Gasteiger partial charge on any atom is 0.0372 e. The van der Waals surface area contributed by atoms with Gasteiger partial charge in [-0.2, -0.15) is 0 Å². The van der Waals surface area contributed by atoms with Gasteiger partial charge in [-0.15, -0.1) is 0 Å². The van der Waals surface area contributed by atoms with Crippen LogP contribution >= 0.6 is 0 Å². The topological polar surface area (TPSA) is 12.4 Å². The zero-order chi connectivity index (χ0) is 8.97. The Morgan fingerprint density at radius 3 is 2.33 bits per heavy atom. The van der Waals surface area contributed by atoms with E-state index in [0.29, 0.717) is 0 Å². The molecule has 0 aliphatic carbocycles. The molecule has 0 spiro atoms. The van der Waals surface area contributed by atoms with Crippen LogP contribution in [0, 0.1) is 6.92 Å². The molecule has 0 radical (unpaired) electrons. The molecular formula is C11H13N. The van der Waals surface area contributed by atoms with Crippen LogP contribution < -0.4 is 0 Å². The van der Waals surface area contributed by atoms with Crippen LogP contribution in [0.25, 0.3) is 5.57 Å². The first kappa shape index (κ1) is 8.76. The summed E-state index contributed by atoms with van der Waals surface area (Å²) in [5.41, 5.74) is 3.55. The molecule has 1 nitrogen and oxygen atoms in total. The highest BCUT2D eigenvalue weighted by Gasteiger charge is 1.92.